The van der Waals surface area contributed by atoms with Gasteiger partial charge in [-0.15, -0.1) is 0 Å². The number of rotatable bonds is 3. The van der Waals surface area contributed by atoms with Crippen molar-refractivity contribution in [1.29, 1.82) is 0 Å². The summed E-state index contributed by atoms with van der Waals surface area (Å²) in [4.78, 5) is 28.2. The summed E-state index contributed by atoms with van der Waals surface area (Å²) in [6, 6.07) is 6.27. The molecule has 0 radical (unpaired) electrons. The molecule has 3 rings (SSSR count). The van der Waals surface area contributed by atoms with Crippen molar-refractivity contribution >= 4 is 23.4 Å². The summed E-state index contributed by atoms with van der Waals surface area (Å²) in [5.74, 6) is -3.64. The Morgan fingerprint density at radius 1 is 0.938 bits per heavy atom. The van der Waals surface area contributed by atoms with Gasteiger partial charge in [0.1, 0.15) is 11.4 Å². The van der Waals surface area contributed by atoms with Crippen LogP contribution in [0.4, 0.5) is 29.3 Å². The number of carbonyl (C=O) groups is 2. The Hall–Kier alpha value is -3.23. The van der Waals surface area contributed by atoms with Crippen LogP contribution in [-0.4, -0.2) is 53.6 Å². The van der Waals surface area contributed by atoms with Crippen molar-refractivity contribution in [2.75, 3.05) is 31.5 Å². The molecule has 0 aromatic heterocycles. The molecular formula is C23H26F3N3O3. The summed E-state index contributed by atoms with van der Waals surface area (Å²) in [6.45, 7) is 7.84. The molecule has 32 heavy (non-hydrogen) atoms. The Kier molecular flexibility index (Phi) is 6.66. The summed E-state index contributed by atoms with van der Waals surface area (Å²) in [5, 5.41) is 2.53. The average Bonchev–Trinajstić information content (AvgIpc) is 2.71. The number of ether oxygens (including phenoxy) is 1. The summed E-state index contributed by atoms with van der Waals surface area (Å²) in [5.41, 5.74) is -0.626. The molecule has 2 aromatic rings. The Morgan fingerprint density at radius 2 is 1.56 bits per heavy atom. The van der Waals surface area contributed by atoms with E-state index in [1.807, 2.05) is 0 Å². The first-order valence-corrected chi connectivity index (χ1v) is 10.2. The number of hydrogen-bond donors (Lipinski definition) is 1. The van der Waals surface area contributed by atoms with E-state index in [0.717, 1.165) is 12.1 Å². The van der Waals surface area contributed by atoms with Crippen LogP contribution < -0.4 is 5.32 Å². The van der Waals surface area contributed by atoms with Crippen LogP contribution in [0, 0.1) is 24.4 Å². The van der Waals surface area contributed by atoms with Gasteiger partial charge in [0.05, 0.1) is 16.9 Å². The first-order chi connectivity index (χ1) is 15.0. The molecule has 2 aromatic carbocycles. The minimum atomic E-state index is -1.27. The van der Waals surface area contributed by atoms with Gasteiger partial charge in [-0.3, -0.25) is 4.79 Å². The van der Waals surface area contributed by atoms with Crippen molar-refractivity contribution in [1.82, 2.24) is 9.80 Å². The van der Waals surface area contributed by atoms with Crippen LogP contribution in [0.5, 0.6) is 0 Å². The monoisotopic (exact) mass is 449 g/mol. The molecule has 1 aliphatic rings. The first kappa shape index (κ1) is 23.4. The topological polar surface area (TPSA) is 61.9 Å². The Morgan fingerprint density at radius 3 is 2.16 bits per heavy atom. The molecule has 0 spiro atoms. The zero-order valence-electron chi connectivity index (χ0n) is 18.5. The van der Waals surface area contributed by atoms with Gasteiger partial charge in [-0.25, -0.2) is 18.0 Å². The number of anilines is 2. The maximum Gasteiger partial charge on any atom is 0.410 e. The lowest BCUT2D eigenvalue weighted by molar-refractivity contribution is 0.0141. The fourth-order valence-electron chi connectivity index (χ4n) is 3.30. The zero-order chi connectivity index (χ0) is 23.6. The summed E-state index contributed by atoms with van der Waals surface area (Å²) in [6.07, 6.45) is -0.477. The third-order valence-corrected chi connectivity index (χ3v) is 4.93. The molecule has 1 N–H and O–H groups in total. The molecule has 172 valence electrons. The van der Waals surface area contributed by atoms with Crippen LogP contribution in [0.3, 0.4) is 0 Å². The lowest BCUT2D eigenvalue weighted by atomic mass is 10.1. The fraction of sp³-hybridized carbons (Fsp3) is 0.391. The van der Waals surface area contributed by atoms with E-state index in [2.05, 4.69) is 5.32 Å². The van der Waals surface area contributed by atoms with Gasteiger partial charge in [0.2, 0.25) is 0 Å². The molecule has 2 amide bonds. The highest BCUT2D eigenvalue weighted by Crippen LogP contribution is 2.29. The fourth-order valence-corrected chi connectivity index (χ4v) is 3.30. The lowest BCUT2D eigenvalue weighted by Crippen LogP contribution is -2.51. The Balaban J connectivity index is 1.79. The van der Waals surface area contributed by atoms with Gasteiger partial charge < -0.3 is 19.9 Å². The van der Waals surface area contributed by atoms with Gasteiger partial charge in [-0.05, 0) is 57.5 Å². The van der Waals surface area contributed by atoms with Gasteiger partial charge >= 0.3 is 6.09 Å². The smallest absolute Gasteiger partial charge is 0.410 e. The standard InChI is InChI=1S/C23H26F3N3O3/c1-14-5-8-18(17(25)13-14)27-20-15(6-7-16(24)19(20)26)21(30)28-9-11-29(12-10-28)22(31)32-23(2,3)4/h5-8,13,27H,9-12H2,1-4H3. The van der Waals surface area contributed by atoms with E-state index in [1.54, 1.807) is 33.8 Å². The van der Waals surface area contributed by atoms with Gasteiger partial charge in [-0.2, -0.15) is 0 Å². The number of aryl methyl sites for hydroxylation is 1. The van der Waals surface area contributed by atoms with Crippen molar-refractivity contribution in [2.45, 2.75) is 33.3 Å². The maximum atomic E-state index is 14.6. The quantitative estimate of drug-likeness (QED) is 0.728. The average molecular weight is 449 g/mol. The van der Waals surface area contributed by atoms with Gasteiger partial charge in [0.15, 0.2) is 11.6 Å². The van der Waals surface area contributed by atoms with E-state index in [-0.39, 0.29) is 37.4 Å². The number of nitrogens with zero attached hydrogens (tertiary/aromatic N) is 2. The highest BCUT2D eigenvalue weighted by Gasteiger charge is 2.30. The van der Waals surface area contributed by atoms with Crippen LogP contribution in [-0.2, 0) is 4.74 Å². The van der Waals surface area contributed by atoms with E-state index >= 15 is 0 Å². The number of hydrogen-bond acceptors (Lipinski definition) is 4. The van der Waals surface area contributed by atoms with E-state index in [9.17, 15) is 22.8 Å². The number of benzene rings is 2. The van der Waals surface area contributed by atoms with Crippen molar-refractivity contribution in [3.8, 4) is 0 Å². The third-order valence-electron chi connectivity index (χ3n) is 4.93. The van der Waals surface area contributed by atoms with Gasteiger partial charge in [0.25, 0.3) is 5.91 Å². The summed E-state index contributed by atoms with van der Waals surface area (Å²) < 4.78 is 48.1. The molecule has 0 saturated carbocycles. The van der Waals surface area contributed by atoms with Crippen LogP contribution in [0.15, 0.2) is 30.3 Å². The summed E-state index contributed by atoms with van der Waals surface area (Å²) in [7, 11) is 0. The second kappa shape index (κ2) is 9.10. The van der Waals surface area contributed by atoms with E-state index in [1.165, 1.54) is 21.9 Å². The second-order valence-corrected chi connectivity index (χ2v) is 8.65. The molecule has 1 saturated heterocycles. The molecule has 1 aliphatic heterocycles. The number of nitrogens with one attached hydrogen (secondary N) is 1. The molecular weight excluding hydrogens is 423 g/mol. The predicted octanol–water partition coefficient (Wildman–Crippen LogP) is 4.85. The Labute approximate surface area is 184 Å². The zero-order valence-corrected chi connectivity index (χ0v) is 18.5. The summed E-state index contributed by atoms with van der Waals surface area (Å²) >= 11 is 0. The SMILES string of the molecule is Cc1ccc(Nc2c(C(=O)N3CCN(C(=O)OC(C)(C)C)CC3)ccc(F)c2F)c(F)c1. The normalized spacial score (nSPS) is 14.3. The molecule has 0 bridgehead atoms. The van der Waals surface area contributed by atoms with Crippen molar-refractivity contribution < 1.29 is 27.5 Å². The first-order valence-electron chi connectivity index (χ1n) is 10.2. The van der Waals surface area contributed by atoms with E-state index in [0.29, 0.717) is 5.56 Å². The number of carbonyl (C=O) groups excluding carboxylic acids is 2. The molecule has 6 nitrogen and oxygen atoms in total. The van der Waals surface area contributed by atoms with Crippen LogP contribution >= 0.6 is 0 Å². The minimum Gasteiger partial charge on any atom is -0.444 e. The minimum absolute atomic E-state index is 0.0797. The maximum absolute atomic E-state index is 14.6. The third kappa shape index (κ3) is 5.33. The van der Waals surface area contributed by atoms with Crippen LogP contribution in [0.1, 0.15) is 36.7 Å². The van der Waals surface area contributed by atoms with E-state index < -0.39 is 40.7 Å². The van der Waals surface area contributed by atoms with Crippen LogP contribution in [0.25, 0.3) is 0 Å². The molecule has 1 fully saturated rings. The molecule has 9 heteroatoms. The molecule has 1 heterocycles. The van der Waals surface area contributed by atoms with E-state index in [4.69, 9.17) is 4.74 Å². The molecule has 0 unspecified atom stereocenters. The van der Waals surface area contributed by atoms with Crippen molar-refractivity contribution in [2.24, 2.45) is 0 Å². The lowest BCUT2D eigenvalue weighted by Gasteiger charge is -2.35. The van der Waals surface area contributed by atoms with Crippen molar-refractivity contribution in [3.05, 3.63) is 58.9 Å². The highest BCUT2D eigenvalue weighted by molar-refractivity contribution is 6.00. The molecule has 0 aliphatic carbocycles. The predicted molar refractivity (Wildman–Crippen MR) is 114 cm³/mol. The number of piperazine rings is 1. The largest absolute Gasteiger partial charge is 0.444 e. The Bertz CT molecular complexity index is 1030. The highest BCUT2D eigenvalue weighted by atomic mass is 19.2. The second-order valence-electron chi connectivity index (χ2n) is 8.65. The number of amides is 2. The molecule has 0 atom stereocenters. The number of halogens is 3. The van der Waals surface area contributed by atoms with Crippen LogP contribution in [0.2, 0.25) is 0 Å². The van der Waals surface area contributed by atoms with Crippen molar-refractivity contribution in [3.63, 3.8) is 0 Å². The van der Waals surface area contributed by atoms with Gasteiger partial charge in [0, 0.05) is 26.2 Å². The van der Waals surface area contributed by atoms with Gasteiger partial charge in [-0.1, -0.05) is 6.07 Å².